The van der Waals surface area contributed by atoms with E-state index < -0.39 is 5.60 Å². The van der Waals surface area contributed by atoms with E-state index in [-0.39, 0.29) is 6.10 Å². The van der Waals surface area contributed by atoms with Gasteiger partial charge >= 0.3 is 0 Å². The number of benzene rings is 2. The summed E-state index contributed by atoms with van der Waals surface area (Å²) in [6.07, 6.45) is 1.50. The first-order valence-electron chi connectivity index (χ1n) is 7.56. The fourth-order valence-corrected chi connectivity index (χ4v) is 3.29. The molecule has 2 heteroatoms. The summed E-state index contributed by atoms with van der Waals surface area (Å²) >= 11 is 0. The van der Waals surface area contributed by atoms with E-state index in [9.17, 15) is 5.11 Å². The lowest BCUT2D eigenvalue weighted by molar-refractivity contribution is -0.0401. The topological polar surface area (TPSA) is 29.5 Å². The molecule has 3 rings (SSSR count). The lowest BCUT2D eigenvalue weighted by atomic mass is 9.83. The van der Waals surface area contributed by atoms with Gasteiger partial charge in [0.2, 0.25) is 0 Å². The van der Waals surface area contributed by atoms with Crippen molar-refractivity contribution in [3.05, 3.63) is 70.8 Å². The molecule has 0 fully saturated rings. The summed E-state index contributed by atoms with van der Waals surface area (Å²) in [6, 6.07) is 16.4. The van der Waals surface area contributed by atoms with E-state index in [0.29, 0.717) is 6.42 Å². The highest BCUT2D eigenvalue weighted by atomic mass is 16.5. The molecule has 110 valence electrons. The molecule has 0 bridgehead atoms. The molecule has 0 saturated heterocycles. The molecule has 2 atom stereocenters. The third kappa shape index (κ3) is 2.87. The molecule has 0 radical (unpaired) electrons. The van der Waals surface area contributed by atoms with Crippen LogP contribution < -0.4 is 0 Å². The molecule has 1 aliphatic heterocycles. The molecule has 0 aliphatic carbocycles. The first kappa shape index (κ1) is 14.3. The van der Waals surface area contributed by atoms with Crippen molar-refractivity contribution in [1.82, 2.24) is 0 Å². The van der Waals surface area contributed by atoms with E-state index in [0.717, 1.165) is 24.2 Å². The van der Waals surface area contributed by atoms with Crippen molar-refractivity contribution in [3.8, 4) is 0 Å². The molecule has 0 saturated carbocycles. The quantitative estimate of drug-likeness (QED) is 0.925. The van der Waals surface area contributed by atoms with Crippen LogP contribution in [-0.2, 0) is 16.8 Å². The second kappa shape index (κ2) is 5.63. The van der Waals surface area contributed by atoms with Crippen LogP contribution in [0, 0.1) is 6.92 Å². The van der Waals surface area contributed by atoms with Crippen LogP contribution in [0.3, 0.4) is 0 Å². The Morgan fingerprint density at radius 2 is 1.86 bits per heavy atom. The fourth-order valence-electron chi connectivity index (χ4n) is 3.29. The number of hydrogen-bond donors (Lipinski definition) is 1. The third-order valence-corrected chi connectivity index (χ3v) is 4.40. The predicted octanol–water partition coefficient (Wildman–Crippen LogP) is 3.91. The molecular weight excluding hydrogens is 260 g/mol. The Labute approximate surface area is 126 Å². The lowest BCUT2D eigenvalue weighted by Crippen LogP contribution is -2.28. The first-order chi connectivity index (χ1) is 10.1. The van der Waals surface area contributed by atoms with Crippen molar-refractivity contribution in [2.75, 3.05) is 6.61 Å². The fraction of sp³-hybridized carbons (Fsp3) is 0.368. The predicted molar refractivity (Wildman–Crippen MR) is 84.2 cm³/mol. The number of hydrogen-bond acceptors (Lipinski definition) is 2. The largest absolute Gasteiger partial charge is 0.385 e. The molecular formula is C19H22O2. The van der Waals surface area contributed by atoms with Gasteiger partial charge in [-0.05, 0) is 42.5 Å². The number of rotatable bonds is 3. The second-order valence-corrected chi connectivity index (χ2v) is 6.10. The number of fused-ring (bicyclic) bond motifs is 1. The summed E-state index contributed by atoms with van der Waals surface area (Å²) in [5.74, 6) is 0. The van der Waals surface area contributed by atoms with Crippen LogP contribution in [0.1, 0.15) is 41.7 Å². The smallest absolute Gasteiger partial charge is 0.0899 e. The minimum Gasteiger partial charge on any atom is -0.385 e. The maximum absolute atomic E-state index is 11.0. The Kier molecular flexibility index (Phi) is 3.83. The summed E-state index contributed by atoms with van der Waals surface area (Å²) in [7, 11) is 0. The minimum absolute atomic E-state index is 0.0374. The molecule has 0 spiro atoms. The average Bonchev–Trinajstić information content (AvgIpc) is 2.47. The van der Waals surface area contributed by atoms with Crippen molar-refractivity contribution in [2.45, 2.75) is 38.4 Å². The van der Waals surface area contributed by atoms with E-state index in [1.807, 2.05) is 44.2 Å². The van der Waals surface area contributed by atoms with Gasteiger partial charge in [0.15, 0.2) is 0 Å². The number of aryl methyl sites for hydroxylation is 1. The zero-order valence-corrected chi connectivity index (χ0v) is 12.7. The van der Waals surface area contributed by atoms with Gasteiger partial charge in [-0.25, -0.2) is 0 Å². The van der Waals surface area contributed by atoms with Crippen molar-refractivity contribution >= 4 is 0 Å². The Bertz CT molecular complexity index is 631. The third-order valence-electron chi connectivity index (χ3n) is 4.40. The van der Waals surface area contributed by atoms with E-state index in [1.165, 1.54) is 11.1 Å². The molecule has 2 nitrogen and oxygen atoms in total. The van der Waals surface area contributed by atoms with Gasteiger partial charge < -0.3 is 9.84 Å². The Hall–Kier alpha value is -1.64. The lowest BCUT2D eigenvalue weighted by Gasteiger charge is -2.33. The Balaban J connectivity index is 1.89. The van der Waals surface area contributed by atoms with E-state index >= 15 is 0 Å². The van der Waals surface area contributed by atoms with Crippen molar-refractivity contribution in [1.29, 1.82) is 0 Å². The highest BCUT2D eigenvalue weighted by Crippen LogP contribution is 2.38. The van der Waals surface area contributed by atoms with Crippen LogP contribution in [0.25, 0.3) is 0 Å². The molecule has 21 heavy (non-hydrogen) atoms. The molecule has 0 amide bonds. The van der Waals surface area contributed by atoms with Crippen LogP contribution in [0.15, 0.2) is 48.5 Å². The van der Waals surface area contributed by atoms with Gasteiger partial charge in [0.25, 0.3) is 0 Å². The van der Waals surface area contributed by atoms with Crippen LogP contribution in [0.5, 0.6) is 0 Å². The molecule has 2 aromatic carbocycles. The molecule has 1 heterocycles. The summed E-state index contributed by atoms with van der Waals surface area (Å²) in [5, 5.41) is 11.0. The van der Waals surface area contributed by atoms with Crippen LogP contribution in [0.4, 0.5) is 0 Å². The van der Waals surface area contributed by atoms with E-state index in [4.69, 9.17) is 4.74 Å². The van der Waals surface area contributed by atoms with E-state index in [2.05, 4.69) is 18.2 Å². The molecule has 2 aromatic rings. The zero-order valence-electron chi connectivity index (χ0n) is 12.7. The molecule has 1 aliphatic rings. The molecule has 1 N–H and O–H groups in total. The zero-order chi connectivity index (χ0) is 14.9. The van der Waals surface area contributed by atoms with Gasteiger partial charge in [0, 0.05) is 6.42 Å². The first-order valence-corrected chi connectivity index (χ1v) is 7.56. The number of aliphatic hydroxyl groups is 1. The summed E-state index contributed by atoms with van der Waals surface area (Å²) < 4.78 is 5.94. The summed E-state index contributed by atoms with van der Waals surface area (Å²) in [4.78, 5) is 0. The van der Waals surface area contributed by atoms with Crippen molar-refractivity contribution in [3.63, 3.8) is 0 Å². The maximum Gasteiger partial charge on any atom is 0.0899 e. The average molecular weight is 282 g/mol. The monoisotopic (exact) mass is 282 g/mol. The normalized spacial score (nSPS) is 20.6. The van der Waals surface area contributed by atoms with Gasteiger partial charge in [0.05, 0.1) is 18.3 Å². The van der Waals surface area contributed by atoms with Crippen LogP contribution >= 0.6 is 0 Å². The van der Waals surface area contributed by atoms with Crippen LogP contribution in [0.2, 0.25) is 0 Å². The SMILES string of the molecule is Cc1ccccc1C(C)(O)CC1OCCc2ccccc21. The standard InChI is InChI=1S/C19H22O2/c1-14-7-3-6-10-17(14)19(2,20)13-18-16-9-5-4-8-15(16)11-12-21-18/h3-10,18,20H,11-13H2,1-2H3. The van der Waals surface area contributed by atoms with E-state index in [1.54, 1.807) is 0 Å². The number of ether oxygens (including phenoxy) is 1. The van der Waals surface area contributed by atoms with Crippen molar-refractivity contribution < 1.29 is 9.84 Å². The Morgan fingerprint density at radius 1 is 1.14 bits per heavy atom. The maximum atomic E-state index is 11.0. The second-order valence-electron chi connectivity index (χ2n) is 6.10. The van der Waals surface area contributed by atoms with Gasteiger partial charge in [-0.15, -0.1) is 0 Å². The summed E-state index contributed by atoms with van der Waals surface area (Å²) in [6.45, 7) is 4.65. The van der Waals surface area contributed by atoms with Crippen molar-refractivity contribution in [2.24, 2.45) is 0 Å². The van der Waals surface area contributed by atoms with Crippen LogP contribution in [-0.4, -0.2) is 11.7 Å². The Morgan fingerprint density at radius 3 is 2.67 bits per heavy atom. The minimum atomic E-state index is -0.888. The molecule has 2 unspecified atom stereocenters. The molecule has 0 aromatic heterocycles. The van der Waals surface area contributed by atoms with Gasteiger partial charge in [-0.2, -0.15) is 0 Å². The highest BCUT2D eigenvalue weighted by molar-refractivity contribution is 5.34. The summed E-state index contributed by atoms with van der Waals surface area (Å²) in [5.41, 5.74) is 3.77. The van der Waals surface area contributed by atoms with Gasteiger partial charge in [-0.1, -0.05) is 48.5 Å². The van der Waals surface area contributed by atoms with Gasteiger partial charge in [-0.3, -0.25) is 0 Å². The van der Waals surface area contributed by atoms with Gasteiger partial charge in [0.1, 0.15) is 0 Å². The highest BCUT2D eigenvalue weighted by Gasteiger charge is 2.32.